The summed E-state index contributed by atoms with van der Waals surface area (Å²) in [6.45, 7) is 5.67. The van der Waals surface area contributed by atoms with Crippen LogP contribution >= 0.6 is 11.6 Å². The van der Waals surface area contributed by atoms with Crippen molar-refractivity contribution in [3.63, 3.8) is 0 Å². The average molecular weight is 269 g/mol. The molecule has 3 nitrogen and oxygen atoms in total. The second kappa shape index (κ2) is 6.41. The summed E-state index contributed by atoms with van der Waals surface area (Å²) >= 11 is 6.12. The molecule has 1 saturated heterocycles. The van der Waals surface area contributed by atoms with Gasteiger partial charge in [0.05, 0.1) is 19.3 Å². The van der Waals surface area contributed by atoms with Gasteiger partial charge in [0.2, 0.25) is 0 Å². The Bertz CT molecular complexity index is 397. The van der Waals surface area contributed by atoms with E-state index in [0.29, 0.717) is 6.04 Å². The predicted molar refractivity (Wildman–Crippen MR) is 76.7 cm³/mol. The zero-order chi connectivity index (χ0) is 13.0. The molecule has 18 heavy (non-hydrogen) atoms. The lowest BCUT2D eigenvalue weighted by Gasteiger charge is -2.38. The molecule has 4 heteroatoms. The first-order valence-corrected chi connectivity index (χ1v) is 6.85. The first kappa shape index (κ1) is 13.7. The fourth-order valence-electron chi connectivity index (χ4n) is 2.41. The Kier molecular flexibility index (Phi) is 4.87. The molecule has 1 aliphatic rings. The molecule has 1 fully saturated rings. The Balaban J connectivity index is 2.19. The molecule has 100 valence electrons. The second-order valence-electron chi connectivity index (χ2n) is 4.75. The molecule has 0 saturated carbocycles. The van der Waals surface area contributed by atoms with Crippen molar-refractivity contribution in [2.24, 2.45) is 0 Å². The molecule has 1 atom stereocenters. The van der Waals surface area contributed by atoms with Crippen molar-refractivity contribution in [3.8, 4) is 0 Å². The maximum absolute atomic E-state index is 6.12. The first-order chi connectivity index (χ1) is 8.72. The van der Waals surface area contributed by atoms with E-state index in [-0.39, 0.29) is 0 Å². The summed E-state index contributed by atoms with van der Waals surface area (Å²) < 4.78 is 5.60. The molecule has 2 rings (SSSR count). The quantitative estimate of drug-likeness (QED) is 0.908. The molecule has 0 aliphatic carbocycles. The molecule has 0 spiro atoms. The lowest BCUT2D eigenvalue weighted by Crippen LogP contribution is -2.47. The van der Waals surface area contributed by atoms with Gasteiger partial charge in [0.15, 0.2) is 0 Å². The van der Waals surface area contributed by atoms with E-state index >= 15 is 0 Å². The zero-order valence-corrected chi connectivity index (χ0v) is 11.8. The normalized spacial score (nSPS) is 20.2. The molecule has 1 heterocycles. The number of nitrogens with zero attached hydrogens (tertiary/aromatic N) is 1. The second-order valence-corrected chi connectivity index (χ2v) is 5.18. The zero-order valence-electron chi connectivity index (χ0n) is 11.1. The minimum Gasteiger partial charge on any atom is -0.377 e. The predicted octanol–water partition coefficient (Wildman–Crippen LogP) is 2.46. The Morgan fingerprint density at radius 1 is 1.50 bits per heavy atom. The molecule has 1 N–H and O–H groups in total. The lowest BCUT2D eigenvalue weighted by atomic mass is 10.1. The van der Waals surface area contributed by atoms with Crippen LogP contribution in [0.1, 0.15) is 12.0 Å². The summed E-state index contributed by atoms with van der Waals surface area (Å²) in [6, 6.07) is 6.53. The lowest BCUT2D eigenvalue weighted by molar-refractivity contribution is 0.0917. The highest BCUT2D eigenvalue weighted by Gasteiger charge is 2.23. The number of aryl methyl sites for hydroxylation is 1. The highest BCUT2D eigenvalue weighted by molar-refractivity contribution is 6.30. The molecule has 0 radical (unpaired) electrons. The largest absolute Gasteiger partial charge is 0.377 e. The first-order valence-electron chi connectivity index (χ1n) is 6.47. The number of nitrogens with one attached hydrogen (secondary N) is 1. The van der Waals surface area contributed by atoms with Gasteiger partial charge in [-0.05, 0) is 44.6 Å². The number of morpholine rings is 1. The standard InChI is InChI=1S/C14H21ClN2O/c1-11-3-4-12(15)9-14(11)17-7-8-18-10-13(17)5-6-16-2/h3-4,9,13,16H,5-8,10H2,1-2H3. The fourth-order valence-corrected chi connectivity index (χ4v) is 2.58. The molecule has 1 aliphatic heterocycles. The van der Waals surface area contributed by atoms with Gasteiger partial charge in [-0.15, -0.1) is 0 Å². The fraction of sp³-hybridized carbons (Fsp3) is 0.571. The number of ether oxygens (including phenoxy) is 1. The molecule has 1 unspecified atom stereocenters. The monoisotopic (exact) mass is 268 g/mol. The molecule has 0 aromatic heterocycles. The summed E-state index contributed by atoms with van der Waals surface area (Å²) in [5, 5.41) is 4.01. The van der Waals surface area contributed by atoms with Gasteiger partial charge in [-0.3, -0.25) is 0 Å². The molecular formula is C14H21ClN2O. The summed E-state index contributed by atoms with van der Waals surface area (Å²) in [6.07, 6.45) is 1.09. The smallest absolute Gasteiger partial charge is 0.0671 e. The van der Waals surface area contributed by atoms with Gasteiger partial charge >= 0.3 is 0 Å². The number of halogens is 1. The van der Waals surface area contributed by atoms with Crippen molar-refractivity contribution in [2.75, 3.05) is 38.3 Å². The average Bonchev–Trinajstić information content (AvgIpc) is 2.39. The molecule has 0 amide bonds. The van der Waals surface area contributed by atoms with Gasteiger partial charge in [-0.2, -0.15) is 0 Å². The highest BCUT2D eigenvalue weighted by Crippen LogP contribution is 2.28. The van der Waals surface area contributed by atoms with E-state index < -0.39 is 0 Å². The number of hydrogen-bond acceptors (Lipinski definition) is 3. The maximum Gasteiger partial charge on any atom is 0.0671 e. The number of benzene rings is 1. The summed E-state index contributed by atoms with van der Waals surface area (Å²) in [5.74, 6) is 0. The molecule has 1 aromatic carbocycles. The maximum atomic E-state index is 6.12. The Morgan fingerprint density at radius 3 is 3.11 bits per heavy atom. The summed E-state index contributed by atoms with van der Waals surface area (Å²) in [5.41, 5.74) is 2.52. The van der Waals surface area contributed by atoms with Crippen LogP contribution in [0.5, 0.6) is 0 Å². The van der Waals surface area contributed by atoms with Gasteiger partial charge in [-0.1, -0.05) is 17.7 Å². The van der Waals surface area contributed by atoms with Crippen LogP contribution in [-0.2, 0) is 4.74 Å². The Labute approximate surface area is 114 Å². The van der Waals surface area contributed by atoms with Crippen molar-refractivity contribution < 1.29 is 4.74 Å². The summed E-state index contributed by atoms with van der Waals surface area (Å²) in [7, 11) is 1.98. The van der Waals surface area contributed by atoms with Crippen molar-refractivity contribution in [3.05, 3.63) is 28.8 Å². The van der Waals surface area contributed by atoms with E-state index in [1.165, 1.54) is 11.3 Å². The van der Waals surface area contributed by atoms with Crippen LogP contribution in [0.3, 0.4) is 0 Å². The van der Waals surface area contributed by atoms with E-state index in [0.717, 1.165) is 37.7 Å². The van der Waals surface area contributed by atoms with E-state index in [9.17, 15) is 0 Å². The third-order valence-electron chi connectivity index (χ3n) is 3.44. The van der Waals surface area contributed by atoms with Crippen molar-refractivity contribution in [1.82, 2.24) is 5.32 Å². The van der Waals surface area contributed by atoms with Gasteiger partial charge < -0.3 is 15.0 Å². The Hall–Kier alpha value is -0.770. The Morgan fingerprint density at radius 2 is 2.33 bits per heavy atom. The number of hydrogen-bond donors (Lipinski definition) is 1. The van der Waals surface area contributed by atoms with Crippen molar-refractivity contribution in [2.45, 2.75) is 19.4 Å². The topological polar surface area (TPSA) is 24.5 Å². The highest BCUT2D eigenvalue weighted by atomic mass is 35.5. The van der Waals surface area contributed by atoms with Crippen LogP contribution in [0.15, 0.2) is 18.2 Å². The van der Waals surface area contributed by atoms with Crippen molar-refractivity contribution >= 4 is 17.3 Å². The minimum absolute atomic E-state index is 0.434. The van der Waals surface area contributed by atoms with Crippen LogP contribution in [0.2, 0.25) is 5.02 Å². The van der Waals surface area contributed by atoms with Gasteiger partial charge in [0.1, 0.15) is 0 Å². The molecule has 1 aromatic rings. The third-order valence-corrected chi connectivity index (χ3v) is 3.67. The number of rotatable bonds is 4. The van der Waals surface area contributed by atoms with E-state index in [4.69, 9.17) is 16.3 Å². The van der Waals surface area contributed by atoms with E-state index in [1.54, 1.807) is 0 Å². The van der Waals surface area contributed by atoms with Gasteiger partial charge in [-0.25, -0.2) is 0 Å². The van der Waals surface area contributed by atoms with E-state index in [1.807, 2.05) is 13.1 Å². The third kappa shape index (κ3) is 3.16. The molecular weight excluding hydrogens is 248 g/mol. The van der Waals surface area contributed by atoms with Gasteiger partial charge in [0, 0.05) is 17.3 Å². The summed E-state index contributed by atoms with van der Waals surface area (Å²) in [4.78, 5) is 2.43. The van der Waals surface area contributed by atoms with Crippen LogP contribution in [0.4, 0.5) is 5.69 Å². The van der Waals surface area contributed by atoms with Crippen LogP contribution in [-0.4, -0.2) is 39.4 Å². The van der Waals surface area contributed by atoms with Crippen molar-refractivity contribution in [1.29, 1.82) is 0 Å². The SMILES string of the molecule is CNCCC1COCCN1c1cc(Cl)ccc1C. The number of anilines is 1. The molecule has 0 bridgehead atoms. The van der Waals surface area contributed by atoms with Crippen LogP contribution in [0.25, 0.3) is 0 Å². The minimum atomic E-state index is 0.434. The van der Waals surface area contributed by atoms with Crippen LogP contribution < -0.4 is 10.2 Å². The van der Waals surface area contributed by atoms with Crippen LogP contribution in [0, 0.1) is 6.92 Å². The van der Waals surface area contributed by atoms with Gasteiger partial charge in [0.25, 0.3) is 0 Å². The van der Waals surface area contributed by atoms with E-state index in [2.05, 4.69) is 29.3 Å².